The summed E-state index contributed by atoms with van der Waals surface area (Å²) < 4.78 is 0. The van der Waals surface area contributed by atoms with Crippen molar-refractivity contribution in [1.29, 1.82) is 0 Å². The number of fused-ring (bicyclic) bond motifs is 9. The molecule has 1 aromatic heterocycles. The lowest BCUT2D eigenvalue weighted by Gasteiger charge is -2.28. The minimum atomic E-state index is -0.259. The number of rotatable bonds is 5. The second-order valence-electron chi connectivity index (χ2n) is 17.4. The summed E-state index contributed by atoms with van der Waals surface area (Å²) in [5.74, 6) is 0.713. The van der Waals surface area contributed by atoms with E-state index in [1.54, 1.807) is 0 Å². The predicted octanol–water partition coefficient (Wildman–Crippen LogP) is 15.1. The van der Waals surface area contributed by atoms with Crippen LogP contribution in [0.4, 0.5) is 0 Å². The van der Waals surface area contributed by atoms with Gasteiger partial charge in [-0.05, 0) is 114 Å². The second-order valence-corrected chi connectivity index (χ2v) is 17.4. The first-order chi connectivity index (χ1) is 29.9. The average Bonchev–Trinajstić information content (AvgIpc) is 3.72. The zero-order valence-corrected chi connectivity index (χ0v) is 34.4. The van der Waals surface area contributed by atoms with Gasteiger partial charge in [-0.3, -0.25) is 0 Å². The van der Waals surface area contributed by atoms with Gasteiger partial charge in [0.2, 0.25) is 0 Å². The summed E-state index contributed by atoms with van der Waals surface area (Å²) in [4.78, 5) is 10.8. The lowest BCUT2D eigenvalue weighted by Crippen LogP contribution is -2.22. The van der Waals surface area contributed by atoms with Crippen LogP contribution in [0.2, 0.25) is 0 Å². The normalized spacial score (nSPS) is 15.7. The summed E-state index contributed by atoms with van der Waals surface area (Å²) in [6.07, 6.45) is 0. The van der Waals surface area contributed by atoms with Gasteiger partial charge in [-0.1, -0.05) is 190 Å². The highest BCUT2D eigenvalue weighted by Crippen LogP contribution is 2.54. The van der Waals surface area contributed by atoms with E-state index >= 15 is 0 Å². The molecule has 61 heavy (non-hydrogen) atoms. The third-order valence-corrected chi connectivity index (χ3v) is 13.8. The minimum absolute atomic E-state index is 0.0816. The maximum Gasteiger partial charge on any atom is 0.161 e. The van der Waals surface area contributed by atoms with Gasteiger partial charge < -0.3 is 0 Å². The molecule has 2 aliphatic rings. The van der Waals surface area contributed by atoms with E-state index in [4.69, 9.17) is 9.97 Å². The highest BCUT2D eigenvalue weighted by Gasteiger charge is 2.41. The second kappa shape index (κ2) is 13.3. The zero-order chi connectivity index (χ0) is 40.9. The van der Waals surface area contributed by atoms with E-state index in [-0.39, 0.29) is 10.8 Å². The molecule has 1 atom stereocenters. The molecule has 2 heteroatoms. The van der Waals surface area contributed by atoms with Crippen molar-refractivity contribution in [3.05, 3.63) is 228 Å². The van der Waals surface area contributed by atoms with Crippen molar-refractivity contribution in [3.8, 4) is 67.3 Å². The van der Waals surface area contributed by atoms with Gasteiger partial charge in [0.05, 0.1) is 11.4 Å². The maximum absolute atomic E-state index is 5.43. The van der Waals surface area contributed by atoms with Gasteiger partial charge >= 0.3 is 0 Å². The van der Waals surface area contributed by atoms with Crippen LogP contribution in [0, 0.1) is 0 Å². The Hall–Kier alpha value is -7.42. The van der Waals surface area contributed by atoms with Crippen molar-refractivity contribution >= 4 is 21.5 Å². The first-order valence-corrected chi connectivity index (χ1v) is 21.3. The summed E-state index contributed by atoms with van der Waals surface area (Å²) >= 11 is 0. The van der Waals surface area contributed by atoms with E-state index in [9.17, 15) is 0 Å². The van der Waals surface area contributed by atoms with Gasteiger partial charge in [0, 0.05) is 27.5 Å². The monoisotopic (exact) mass is 778 g/mol. The Bertz CT molecular complexity index is 3400. The van der Waals surface area contributed by atoms with Crippen LogP contribution in [0.25, 0.3) is 88.8 Å². The number of hydrogen-bond acceptors (Lipinski definition) is 2. The highest BCUT2D eigenvalue weighted by atomic mass is 14.9. The topological polar surface area (TPSA) is 25.8 Å². The molecule has 2 aliphatic carbocycles. The lowest BCUT2D eigenvalue weighted by atomic mass is 9.74. The predicted molar refractivity (Wildman–Crippen MR) is 254 cm³/mol. The van der Waals surface area contributed by atoms with Gasteiger partial charge in [-0.25, -0.2) is 9.97 Å². The molecular formula is C59H42N2. The Labute approximate surface area is 356 Å². The average molecular weight is 779 g/mol. The fourth-order valence-electron chi connectivity index (χ4n) is 10.7. The van der Waals surface area contributed by atoms with E-state index in [0.717, 1.165) is 33.5 Å². The van der Waals surface area contributed by atoms with E-state index < -0.39 is 0 Å². The SMILES string of the molecule is CC1(C)c2ccc(-c3ccc(-c4nc(-c5ccccc5)cc(-c5ccc6c(c5)-c5ccccc5C6(C)c5ccccc5)n4)c4ccccc34)cc2-c2c1ccc1ccccc21. The molecule has 12 rings (SSSR count). The summed E-state index contributed by atoms with van der Waals surface area (Å²) in [7, 11) is 0. The van der Waals surface area contributed by atoms with Crippen LogP contribution in [-0.2, 0) is 10.8 Å². The molecule has 9 aromatic carbocycles. The molecule has 0 aliphatic heterocycles. The molecule has 0 fully saturated rings. The molecule has 0 spiro atoms. The van der Waals surface area contributed by atoms with E-state index in [1.807, 2.05) is 0 Å². The van der Waals surface area contributed by atoms with Crippen LogP contribution >= 0.6 is 0 Å². The lowest BCUT2D eigenvalue weighted by molar-refractivity contribution is 0.661. The summed E-state index contributed by atoms with van der Waals surface area (Å²) in [6.45, 7) is 7.08. The van der Waals surface area contributed by atoms with Gasteiger partial charge in [0.15, 0.2) is 5.82 Å². The first-order valence-electron chi connectivity index (χ1n) is 21.3. The molecule has 0 amide bonds. The number of aromatic nitrogens is 2. The van der Waals surface area contributed by atoms with Crippen LogP contribution in [0.1, 0.15) is 48.6 Å². The third-order valence-electron chi connectivity index (χ3n) is 13.8. The molecular weight excluding hydrogens is 737 g/mol. The molecule has 0 saturated carbocycles. The van der Waals surface area contributed by atoms with Gasteiger partial charge in [0.1, 0.15) is 0 Å². The third kappa shape index (κ3) is 5.28. The summed E-state index contributed by atoms with van der Waals surface area (Å²) in [5, 5.41) is 4.90. The Balaban J connectivity index is 1.02. The molecule has 0 saturated heterocycles. The highest BCUT2D eigenvalue weighted by molar-refractivity contribution is 6.07. The smallest absolute Gasteiger partial charge is 0.161 e. The summed E-state index contributed by atoms with van der Waals surface area (Å²) in [6, 6.07) is 73.1. The van der Waals surface area contributed by atoms with E-state index in [0.29, 0.717) is 5.82 Å². The molecule has 0 N–H and O–H groups in total. The van der Waals surface area contributed by atoms with E-state index in [2.05, 4.69) is 221 Å². The fourth-order valence-corrected chi connectivity index (χ4v) is 10.7. The Morgan fingerprint density at radius 1 is 0.344 bits per heavy atom. The molecule has 2 nitrogen and oxygen atoms in total. The fraction of sp³-hybridized carbons (Fsp3) is 0.0847. The molecule has 0 bridgehead atoms. The van der Waals surface area contributed by atoms with Crippen molar-refractivity contribution in [2.75, 3.05) is 0 Å². The number of hydrogen-bond donors (Lipinski definition) is 0. The van der Waals surface area contributed by atoms with Crippen molar-refractivity contribution in [2.45, 2.75) is 31.6 Å². The molecule has 1 heterocycles. The number of nitrogens with zero attached hydrogens (tertiary/aromatic N) is 2. The van der Waals surface area contributed by atoms with Crippen molar-refractivity contribution in [1.82, 2.24) is 9.97 Å². The van der Waals surface area contributed by atoms with Gasteiger partial charge in [-0.2, -0.15) is 0 Å². The Morgan fingerprint density at radius 3 is 1.72 bits per heavy atom. The quantitative estimate of drug-likeness (QED) is 0.174. The number of benzene rings is 9. The largest absolute Gasteiger partial charge is 0.228 e. The van der Waals surface area contributed by atoms with Crippen molar-refractivity contribution < 1.29 is 0 Å². The van der Waals surface area contributed by atoms with Crippen molar-refractivity contribution in [3.63, 3.8) is 0 Å². The Morgan fingerprint density at radius 2 is 0.918 bits per heavy atom. The van der Waals surface area contributed by atoms with Crippen LogP contribution in [-0.4, -0.2) is 9.97 Å². The van der Waals surface area contributed by atoms with Crippen LogP contribution < -0.4 is 0 Å². The van der Waals surface area contributed by atoms with Gasteiger partial charge in [0.25, 0.3) is 0 Å². The van der Waals surface area contributed by atoms with Gasteiger partial charge in [-0.15, -0.1) is 0 Å². The standard InChI is InChI=1S/C59H42N2/c1-58(2)50-31-27-39(34-49(50)56-43-21-11-10-16-37(43)26-33-53(56)58)42-29-30-47(45-23-13-12-22-44(42)45)57-60-54(38-17-6-4-7-18-38)36-55(61-57)40-28-32-52-48(35-40)46-24-14-15-25-51(46)59(52,3)41-19-8-5-9-20-41/h4-36H,1-3H3. The first kappa shape index (κ1) is 35.5. The van der Waals surface area contributed by atoms with Crippen LogP contribution in [0.5, 0.6) is 0 Å². The molecule has 1 unspecified atom stereocenters. The minimum Gasteiger partial charge on any atom is -0.228 e. The van der Waals surface area contributed by atoms with Crippen LogP contribution in [0.3, 0.4) is 0 Å². The summed E-state index contributed by atoms with van der Waals surface area (Å²) in [5.41, 5.74) is 18.9. The van der Waals surface area contributed by atoms with Crippen LogP contribution in [0.15, 0.2) is 200 Å². The van der Waals surface area contributed by atoms with E-state index in [1.165, 1.54) is 77.4 Å². The van der Waals surface area contributed by atoms with Crippen molar-refractivity contribution in [2.24, 2.45) is 0 Å². The Kier molecular flexibility index (Phi) is 7.74. The zero-order valence-electron chi connectivity index (χ0n) is 34.4. The molecule has 10 aromatic rings. The maximum atomic E-state index is 5.43. The molecule has 0 radical (unpaired) electrons. The molecule has 288 valence electrons.